The summed E-state index contributed by atoms with van der Waals surface area (Å²) >= 11 is 1.53. The third-order valence-corrected chi connectivity index (χ3v) is 6.54. The number of nitrogens with one attached hydrogen (secondary N) is 1. The first-order valence-electron chi connectivity index (χ1n) is 9.35. The highest BCUT2D eigenvalue weighted by molar-refractivity contribution is 14.0. The van der Waals surface area contributed by atoms with Gasteiger partial charge in [0.05, 0.1) is 6.42 Å². The molecule has 29 heavy (non-hydrogen) atoms. The molecular weight excluding hydrogens is 505 g/mol. The van der Waals surface area contributed by atoms with Gasteiger partial charge < -0.3 is 19.9 Å². The van der Waals surface area contributed by atoms with Crippen LogP contribution in [0.2, 0.25) is 0 Å². The highest BCUT2D eigenvalue weighted by Crippen LogP contribution is 2.51. The largest absolute Gasteiger partial charge is 0.463 e. The molecule has 1 aromatic carbocycles. The molecule has 160 valence electrons. The fourth-order valence-electron chi connectivity index (χ4n) is 3.54. The Hall–Kier alpha value is -1.33. The molecule has 3 atom stereocenters. The zero-order valence-electron chi connectivity index (χ0n) is 17.1. The second-order valence-electron chi connectivity index (χ2n) is 7.94. The standard InChI is InChI=1S/C20H27N3O4S.HI/c1-20(2)16(19(26)27-11-10-22(3)4)23-17(25)15(18(23)28-20)21-14(24)12-13-8-6-5-7-9-13;/h5-9,15-16,18H,10-12H2,1-4H3,(H,21,24);1H/t15-,16+,18-;/m1./s1. The van der Waals surface area contributed by atoms with Crippen molar-refractivity contribution in [3.05, 3.63) is 35.9 Å². The van der Waals surface area contributed by atoms with Gasteiger partial charge in [0.25, 0.3) is 0 Å². The van der Waals surface area contributed by atoms with E-state index >= 15 is 0 Å². The van der Waals surface area contributed by atoms with Gasteiger partial charge in [-0.2, -0.15) is 0 Å². The number of carbonyl (C=O) groups excluding carboxylic acids is 3. The summed E-state index contributed by atoms with van der Waals surface area (Å²) in [6, 6.07) is 8.16. The Morgan fingerprint density at radius 3 is 2.52 bits per heavy atom. The molecule has 9 heteroatoms. The number of halogens is 1. The number of ether oxygens (including phenoxy) is 1. The number of likely N-dealkylation sites (N-methyl/N-ethyl adjacent to an activating group) is 1. The molecule has 0 aromatic heterocycles. The van der Waals surface area contributed by atoms with Crippen LogP contribution in [0.5, 0.6) is 0 Å². The second kappa shape index (κ2) is 9.65. The van der Waals surface area contributed by atoms with Crippen molar-refractivity contribution >= 4 is 53.5 Å². The predicted octanol–water partition coefficient (Wildman–Crippen LogP) is 1.50. The minimum absolute atomic E-state index is 0. The molecule has 1 aromatic rings. The van der Waals surface area contributed by atoms with Gasteiger partial charge in [-0.1, -0.05) is 30.3 Å². The zero-order chi connectivity index (χ0) is 20.5. The van der Waals surface area contributed by atoms with Gasteiger partial charge in [0.2, 0.25) is 11.8 Å². The molecule has 0 saturated carbocycles. The number of carbonyl (C=O) groups is 3. The molecule has 0 spiro atoms. The van der Waals surface area contributed by atoms with Crippen LogP contribution in [-0.2, 0) is 25.5 Å². The van der Waals surface area contributed by atoms with Crippen molar-refractivity contribution in [1.29, 1.82) is 0 Å². The van der Waals surface area contributed by atoms with Crippen LogP contribution in [0.25, 0.3) is 0 Å². The van der Waals surface area contributed by atoms with Crippen LogP contribution in [-0.4, -0.2) is 77.0 Å². The first-order valence-corrected chi connectivity index (χ1v) is 10.2. The van der Waals surface area contributed by atoms with Gasteiger partial charge in [0, 0.05) is 11.3 Å². The molecule has 3 rings (SSSR count). The number of benzene rings is 1. The molecule has 2 aliphatic heterocycles. The molecule has 2 aliphatic rings. The van der Waals surface area contributed by atoms with Gasteiger partial charge >= 0.3 is 5.97 Å². The zero-order valence-corrected chi connectivity index (χ0v) is 20.2. The maximum absolute atomic E-state index is 12.7. The van der Waals surface area contributed by atoms with E-state index in [2.05, 4.69) is 5.32 Å². The number of thioether (sulfide) groups is 1. The first-order chi connectivity index (χ1) is 13.2. The normalized spacial score (nSPS) is 24.4. The summed E-state index contributed by atoms with van der Waals surface area (Å²) in [6.07, 6.45) is 0.224. The van der Waals surface area contributed by atoms with E-state index in [0.29, 0.717) is 6.54 Å². The van der Waals surface area contributed by atoms with Crippen LogP contribution in [0.1, 0.15) is 19.4 Å². The van der Waals surface area contributed by atoms with E-state index in [1.54, 1.807) is 4.90 Å². The lowest BCUT2D eigenvalue weighted by molar-refractivity contribution is -0.164. The van der Waals surface area contributed by atoms with E-state index < -0.39 is 16.8 Å². The van der Waals surface area contributed by atoms with Crippen molar-refractivity contribution in [1.82, 2.24) is 15.1 Å². The van der Waals surface area contributed by atoms with Crippen LogP contribution >= 0.6 is 35.7 Å². The van der Waals surface area contributed by atoms with Crippen LogP contribution in [0, 0.1) is 0 Å². The van der Waals surface area contributed by atoms with Crippen molar-refractivity contribution in [2.45, 2.75) is 42.5 Å². The summed E-state index contributed by atoms with van der Waals surface area (Å²) in [6.45, 7) is 4.78. The van der Waals surface area contributed by atoms with Gasteiger partial charge in [-0.3, -0.25) is 9.59 Å². The minimum atomic E-state index is -0.639. The smallest absolute Gasteiger partial charge is 0.330 e. The second-order valence-corrected chi connectivity index (χ2v) is 9.71. The van der Waals surface area contributed by atoms with Crippen molar-refractivity contribution in [2.24, 2.45) is 0 Å². The number of β-lactam (4-membered cyclic amide) rings is 1. The fraction of sp³-hybridized carbons (Fsp3) is 0.550. The first kappa shape index (κ1) is 23.9. The Morgan fingerprint density at radius 2 is 1.90 bits per heavy atom. The molecule has 2 fully saturated rings. The molecule has 2 amide bonds. The lowest BCUT2D eigenvalue weighted by Gasteiger charge is -2.44. The number of hydrogen-bond donors (Lipinski definition) is 1. The van der Waals surface area contributed by atoms with E-state index in [0.717, 1.165) is 5.56 Å². The molecular formula is C20H28IN3O4S. The number of rotatable bonds is 7. The molecule has 0 radical (unpaired) electrons. The van der Waals surface area contributed by atoms with Crippen molar-refractivity contribution in [2.75, 3.05) is 27.2 Å². The quantitative estimate of drug-likeness (QED) is 0.325. The van der Waals surface area contributed by atoms with Gasteiger partial charge in [-0.05, 0) is 33.5 Å². The van der Waals surface area contributed by atoms with Crippen molar-refractivity contribution in [3.8, 4) is 0 Å². The average molecular weight is 533 g/mol. The molecule has 0 aliphatic carbocycles. The third kappa shape index (κ3) is 5.24. The number of hydrogen-bond acceptors (Lipinski definition) is 6. The summed E-state index contributed by atoms with van der Waals surface area (Å²) in [5, 5.41) is 2.59. The highest BCUT2D eigenvalue weighted by atomic mass is 127. The van der Waals surface area contributed by atoms with Crippen molar-refractivity contribution < 1.29 is 19.1 Å². The number of esters is 1. The molecule has 0 bridgehead atoms. The molecule has 2 heterocycles. The van der Waals surface area contributed by atoms with Crippen LogP contribution < -0.4 is 5.32 Å². The fourth-order valence-corrected chi connectivity index (χ4v) is 5.16. The lowest BCUT2D eigenvalue weighted by atomic mass is 9.96. The van der Waals surface area contributed by atoms with E-state index in [4.69, 9.17) is 4.74 Å². The Bertz CT molecular complexity index is 759. The maximum atomic E-state index is 12.7. The predicted molar refractivity (Wildman–Crippen MR) is 123 cm³/mol. The topological polar surface area (TPSA) is 79.0 Å². The number of fused-ring (bicyclic) bond motifs is 1. The van der Waals surface area contributed by atoms with E-state index in [1.165, 1.54) is 11.8 Å². The summed E-state index contributed by atoms with van der Waals surface area (Å²) in [7, 11) is 3.81. The number of nitrogens with zero attached hydrogens (tertiary/aromatic N) is 2. The summed E-state index contributed by atoms with van der Waals surface area (Å²) in [5.74, 6) is -0.803. The molecule has 2 saturated heterocycles. The van der Waals surface area contributed by atoms with Crippen LogP contribution in [0.15, 0.2) is 30.3 Å². The Morgan fingerprint density at radius 1 is 1.24 bits per heavy atom. The molecule has 0 unspecified atom stereocenters. The van der Waals surface area contributed by atoms with Crippen molar-refractivity contribution in [3.63, 3.8) is 0 Å². The monoisotopic (exact) mass is 533 g/mol. The van der Waals surface area contributed by atoms with Crippen LogP contribution in [0.4, 0.5) is 0 Å². The van der Waals surface area contributed by atoms with E-state index in [1.807, 2.05) is 63.2 Å². The van der Waals surface area contributed by atoms with Gasteiger partial charge in [-0.15, -0.1) is 35.7 Å². The van der Waals surface area contributed by atoms with Gasteiger partial charge in [-0.25, -0.2) is 4.79 Å². The van der Waals surface area contributed by atoms with Crippen LogP contribution in [0.3, 0.4) is 0 Å². The summed E-state index contributed by atoms with van der Waals surface area (Å²) < 4.78 is 4.92. The third-order valence-electron chi connectivity index (χ3n) is 4.97. The summed E-state index contributed by atoms with van der Waals surface area (Å²) in [5.41, 5.74) is 0.894. The molecule has 1 N–H and O–H groups in total. The van der Waals surface area contributed by atoms with Gasteiger partial charge in [0.1, 0.15) is 24.1 Å². The van der Waals surface area contributed by atoms with E-state index in [-0.39, 0.29) is 60.2 Å². The van der Waals surface area contributed by atoms with E-state index in [9.17, 15) is 14.4 Å². The minimum Gasteiger partial charge on any atom is -0.463 e. The Labute approximate surface area is 192 Å². The molecule has 7 nitrogen and oxygen atoms in total. The Balaban J connectivity index is 0.00000300. The number of amides is 2. The Kier molecular flexibility index (Phi) is 7.97. The lowest BCUT2D eigenvalue weighted by Crippen LogP contribution is -2.70. The summed E-state index contributed by atoms with van der Waals surface area (Å²) in [4.78, 5) is 41.1. The SMILES string of the molecule is CN(C)CCOC(=O)[C@@H]1N2C(=O)[C@@H](NC(=O)Cc3ccccc3)[C@H]2SC1(C)C.I. The maximum Gasteiger partial charge on any atom is 0.330 e. The van der Waals surface area contributed by atoms with Gasteiger partial charge in [0.15, 0.2) is 0 Å². The average Bonchev–Trinajstić information content (AvgIpc) is 2.88. The highest BCUT2D eigenvalue weighted by Gasteiger charge is 2.64.